The smallest absolute Gasteiger partial charge is 0.216 e. The van der Waals surface area contributed by atoms with Gasteiger partial charge in [0.05, 0.1) is 5.75 Å². The van der Waals surface area contributed by atoms with Crippen molar-refractivity contribution in [3.05, 3.63) is 35.4 Å². The van der Waals surface area contributed by atoms with Crippen LogP contribution in [0.15, 0.2) is 29.3 Å². The van der Waals surface area contributed by atoms with Gasteiger partial charge >= 0.3 is 0 Å². The topological polar surface area (TPSA) is 85.8 Å². The molecule has 1 saturated heterocycles. The fourth-order valence-electron chi connectivity index (χ4n) is 3.69. The molecule has 0 radical (unpaired) electrons. The van der Waals surface area contributed by atoms with Gasteiger partial charge < -0.3 is 10.6 Å². The minimum atomic E-state index is -3.31. The lowest BCUT2D eigenvalue weighted by Crippen LogP contribution is -2.54. The van der Waals surface area contributed by atoms with Crippen LogP contribution in [-0.4, -0.2) is 57.5 Å². The number of nitrogens with zero attached hydrogens (tertiary/aromatic N) is 2. The quantitative estimate of drug-likeness (QED) is 0.408. The van der Waals surface area contributed by atoms with Crippen LogP contribution in [0.1, 0.15) is 58.1 Å². The van der Waals surface area contributed by atoms with Crippen molar-refractivity contribution in [1.29, 1.82) is 0 Å². The molecular formula is C22H39N5O2S. The summed E-state index contributed by atoms with van der Waals surface area (Å²) in [5, 5.41) is 6.79. The lowest BCUT2D eigenvalue weighted by Gasteiger charge is -2.41. The summed E-state index contributed by atoms with van der Waals surface area (Å²) in [5.74, 6) is 0.765. The van der Waals surface area contributed by atoms with Gasteiger partial charge in [-0.15, -0.1) is 0 Å². The Morgan fingerprint density at radius 3 is 2.23 bits per heavy atom. The molecule has 0 saturated carbocycles. The number of piperidine rings is 1. The van der Waals surface area contributed by atoms with Crippen LogP contribution in [0, 0.1) is 0 Å². The Morgan fingerprint density at radius 2 is 1.67 bits per heavy atom. The van der Waals surface area contributed by atoms with Gasteiger partial charge in [0.2, 0.25) is 10.0 Å². The normalized spacial score (nSPS) is 16.7. The van der Waals surface area contributed by atoms with E-state index in [1.165, 1.54) is 19.3 Å². The van der Waals surface area contributed by atoms with Crippen LogP contribution in [0.4, 0.5) is 0 Å². The van der Waals surface area contributed by atoms with Gasteiger partial charge in [-0.1, -0.05) is 30.7 Å². The maximum atomic E-state index is 12.1. The summed E-state index contributed by atoms with van der Waals surface area (Å²) in [6, 6.07) is 7.55. The van der Waals surface area contributed by atoms with E-state index in [1.807, 2.05) is 38.1 Å². The molecule has 1 fully saturated rings. The molecule has 0 spiro atoms. The molecule has 1 aliphatic heterocycles. The van der Waals surface area contributed by atoms with E-state index in [0.717, 1.165) is 36.7 Å². The van der Waals surface area contributed by atoms with E-state index in [2.05, 4.69) is 39.1 Å². The molecule has 170 valence electrons. The monoisotopic (exact) mass is 437 g/mol. The third kappa shape index (κ3) is 8.24. The second kappa shape index (κ2) is 11.1. The van der Waals surface area contributed by atoms with Crippen LogP contribution >= 0.6 is 0 Å². The van der Waals surface area contributed by atoms with Gasteiger partial charge in [-0.3, -0.25) is 9.89 Å². The molecule has 0 bridgehead atoms. The minimum absolute atomic E-state index is 0.00625. The van der Waals surface area contributed by atoms with E-state index in [1.54, 1.807) is 7.05 Å². The third-order valence-electron chi connectivity index (χ3n) is 5.38. The van der Waals surface area contributed by atoms with Gasteiger partial charge in [-0.2, -0.15) is 0 Å². The van der Waals surface area contributed by atoms with Crippen LogP contribution in [0.2, 0.25) is 0 Å². The lowest BCUT2D eigenvalue weighted by atomic mass is 9.98. The average Bonchev–Trinajstić information content (AvgIpc) is 2.68. The summed E-state index contributed by atoms with van der Waals surface area (Å²) in [6.07, 6.45) is 3.89. The summed E-state index contributed by atoms with van der Waals surface area (Å²) in [4.78, 5) is 6.89. The Hall–Kier alpha value is -1.64. The van der Waals surface area contributed by atoms with E-state index in [0.29, 0.717) is 6.54 Å². The Bertz CT molecular complexity index is 782. The molecule has 1 aromatic carbocycles. The molecule has 7 nitrogen and oxygen atoms in total. The number of likely N-dealkylation sites (tertiary alicyclic amines) is 1. The van der Waals surface area contributed by atoms with Gasteiger partial charge in [0, 0.05) is 31.7 Å². The standard InChI is InChI=1S/C22H39N5O2S/c1-18(2)26-30(28,29)16-20-11-9-19(10-12-20)15-24-21(23-5)25-17-22(3,4)27-13-7-6-8-14-27/h9-12,18,26H,6-8,13-17H2,1-5H3,(H2,23,24,25). The second-order valence-electron chi connectivity index (χ2n) is 8.99. The number of benzene rings is 1. The molecule has 1 heterocycles. The zero-order chi connectivity index (χ0) is 22.2. The van der Waals surface area contributed by atoms with Crippen LogP contribution in [0.25, 0.3) is 0 Å². The second-order valence-corrected chi connectivity index (χ2v) is 10.7. The molecule has 2 rings (SSSR count). The lowest BCUT2D eigenvalue weighted by molar-refractivity contribution is 0.0982. The first-order chi connectivity index (χ1) is 14.1. The highest BCUT2D eigenvalue weighted by atomic mass is 32.2. The zero-order valence-electron chi connectivity index (χ0n) is 19.2. The molecule has 0 aromatic heterocycles. The van der Waals surface area contributed by atoms with Gasteiger partial charge in [-0.25, -0.2) is 13.1 Å². The van der Waals surface area contributed by atoms with Crippen molar-refractivity contribution >= 4 is 16.0 Å². The maximum absolute atomic E-state index is 12.1. The van der Waals surface area contributed by atoms with Crippen molar-refractivity contribution in [2.24, 2.45) is 4.99 Å². The predicted octanol–water partition coefficient (Wildman–Crippen LogP) is 2.44. The van der Waals surface area contributed by atoms with E-state index in [-0.39, 0.29) is 17.3 Å². The zero-order valence-corrected chi connectivity index (χ0v) is 20.0. The van der Waals surface area contributed by atoms with Crippen molar-refractivity contribution in [3.8, 4) is 0 Å². The fourth-order valence-corrected chi connectivity index (χ4v) is 5.12. The van der Waals surface area contributed by atoms with Crippen LogP contribution in [0.5, 0.6) is 0 Å². The first-order valence-electron chi connectivity index (χ1n) is 10.9. The van der Waals surface area contributed by atoms with Gasteiger partial charge in [0.1, 0.15) is 0 Å². The van der Waals surface area contributed by atoms with E-state index < -0.39 is 10.0 Å². The van der Waals surface area contributed by atoms with Gasteiger partial charge in [0.25, 0.3) is 0 Å². The van der Waals surface area contributed by atoms with Crippen molar-refractivity contribution < 1.29 is 8.42 Å². The molecule has 30 heavy (non-hydrogen) atoms. The van der Waals surface area contributed by atoms with E-state index in [9.17, 15) is 8.42 Å². The Labute approximate surface area is 182 Å². The molecule has 8 heteroatoms. The third-order valence-corrected chi connectivity index (χ3v) is 6.92. The highest BCUT2D eigenvalue weighted by Crippen LogP contribution is 2.19. The molecule has 1 aromatic rings. The number of guanidine groups is 1. The first kappa shape index (κ1) is 24.6. The minimum Gasteiger partial charge on any atom is -0.355 e. The number of nitrogens with one attached hydrogen (secondary N) is 3. The molecular weight excluding hydrogens is 398 g/mol. The van der Waals surface area contributed by atoms with Crippen LogP contribution in [-0.2, 0) is 22.3 Å². The molecule has 0 amide bonds. The average molecular weight is 438 g/mol. The van der Waals surface area contributed by atoms with E-state index >= 15 is 0 Å². The van der Waals surface area contributed by atoms with Crippen molar-refractivity contribution in [3.63, 3.8) is 0 Å². The number of aliphatic imine (C=N–C) groups is 1. The van der Waals surface area contributed by atoms with Crippen LogP contribution < -0.4 is 15.4 Å². The summed E-state index contributed by atoms with van der Waals surface area (Å²) in [5.41, 5.74) is 1.93. The highest BCUT2D eigenvalue weighted by Gasteiger charge is 2.27. The number of rotatable bonds is 9. The Balaban J connectivity index is 1.83. The molecule has 0 atom stereocenters. The Morgan fingerprint density at radius 1 is 1.07 bits per heavy atom. The molecule has 0 aliphatic carbocycles. The van der Waals surface area contributed by atoms with Crippen molar-refractivity contribution in [1.82, 2.24) is 20.3 Å². The van der Waals surface area contributed by atoms with E-state index in [4.69, 9.17) is 0 Å². The summed E-state index contributed by atoms with van der Waals surface area (Å²) >= 11 is 0. The Kier molecular flexibility index (Phi) is 9.12. The fraction of sp³-hybridized carbons (Fsp3) is 0.682. The summed E-state index contributed by atoms with van der Waals surface area (Å²) < 4.78 is 26.7. The first-order valence-corrected chi connectivity index (χ1v) is 12.5. The number of hydrogen-bond acceptors (Lipinski definition) is 4. The molecule has 1 aliphatic rings. The predicted molar refractivity (Wildman–Crippen MR) is 125 cm³/mol. The molecule has 3 N–H and O–H groups in total. The number of sulfonamides is 1. The highest BCUT2D eigenvalue weighted by molar-refractivity contribution is 7.88. The van der Waals surface area contributed by atoms with Crippen molar-refractivity contribution in [2.45, 2.75) is 70.8 Å². The SMILES string of the molecule is CN=C(NCc1ccc(CS(=O)(=O)NC(C)C)cc1)NCC(C)(C)N1CCCCC1. The molecule has 0 unspecified atom stereocenters. The summed E-state index contributed by atoms with van der Waals surface area (Å²) in [7, 11) is -1.53. The van der Waals surface area contributed by atoms with Crippen LogP contribution in [0.3, 0.4) is 0 Å². The maximum Gasteiger partial charge on any atom is 0.216 e. The summed E-state index contributed by atoms with van der Waals surface area (Å²) in [6.45, 7) is 12.0. The largest absolute Gasteiger partial charge is 0.355 e. The number of hydrogen-bond donors (Lipinski definition) is 3. The van der Waals surface area contributed by atoms with Gasteiger partial charge in [-0.05, 0) is 64.8 Å². The van der Waals surface area contributed by atoms with Crippen molar-refractivity contribution in [2.75, 3.05) is 26.7 Å². The van der Waals surface area contributed by atoms with Gasteiger partial charge in [0.15, 0.2) is 5.96 Å².